The van der Waals surface area contributed by atoms with Crippen LogP contribution in [0.3, 0.4) is 0 Å². The van der Waals surface area contributed by atoms with E-state index in [1.54, 1.807) is 16.8 Å². The molecule has 2 rings (SSSR count). The predicted molar refractivity (Wildman–Crippen MR) is 61.5 cm³/mol. The Morgan fingerprint density at radius 2 is 2.47 bits per heavy atom. The highest BCUT2D eigenvalue weighted by Gasteiger charge is 1.99. The van der Waals surface area contributed by atoms with Crippen molar-refractivity contribution in [2.45, 2.75) is 0 Å². The number of nitrogens with one attached hydrogen (secondary N) is 1. The highest BCUT2D eigenvalue weighted by atomic mass is 32.1. The fourth-order valence-electron chi connectivity index (χ4n) is 1.19. The van der Waals surface area contributed by atoms with E-state index in [9.17, 15) is 0 Å². The molecule has 0 aliphatic rings. The minimum atomic E-state index is 0.152. The van der Waals surface area contributed by atoms with E-state index in [0.717, 1.165) is 15.9 Å². The molecule has 0 amide bonds. The lowest BCUT2D eigenvalue weighted by atomic mass is 10.3. The van der Waals surface area contributed by atoms with Gasteiger partial charge in [0, 0.05) is 5.69 Å². The fraction of sp³-hybridized carbons (Fsp3) is 0.111. The molecule has 1 heterocycles. The van der Waals surface area contributed by atoms with Crippen LogP contribution in [0.25, 0.3) is 10.2 Å². The summed E-state index contributed by atoms with van der Waals surface area (Å²) in [7, 11) is 0. The van der Waals surface area contributed by atoms with Gasteiger partial charge < -0.3 is 16.3 Å². The first-order chi connectivity index (χ1) is 7.29. The van der Waals surface area contributed by atoms with Crippen molar-refractivity contribution >= 4 is 33.1 Å². The molecule has 78 valence electrons. The maximum Gasteiger partial charge on any atom is 0.158 e. The van der Waals surface area contributed by atoms with E-state index in [4.69, 9.17) is 10.9 Å². The third kappa shape index (κ3) is 2.16. The van der Waals surface area contributed by atoms with E-state index in [2.05, 4.69) is 15.5 Å². The topological polar surface area (TPSA) is 83.5 Å². The Hall–Kier alpha value is -1.82. The van der Waals surface area contributed by atoms with Crippen molar-refractivity contribution in [2.75, 3.05) is 11.9 Å². The monoisotopic (exact) mass is 222 g/mol. The Morgan fingerprint density at radius 1 is 1.60 bits per heavy atom. The van der Waals surface area contributed by atoms with Crippen molar-refractivity contribution in [3.63, 3.8) is 0 Å². The van der Waals surface area contributed by atoms with Crippen LogP contribution in [0.5, 0.6) is 0 Å². The van der Waals surface area contributed by atoms with Crippen LogP contribution in [0.2, 0.25) is 0 Å². The maximum absolute atomic E-state index is 8.37. The predicted octanol–water partition coefficient (Wildman–Crippen LogP) is 1.45. The van der Waals surface area contributed by atoms with Crippen LogP contribution >= 0.6 is 11.3 Å². The van der Waals surface area contributed by atoms with Gasteiger partial charge in [-0.1, -0.05) is 5.16 Å². The van der Waals surface area contributed by atoms with Crippen molar-refractivity contribution in [3.05, 3.63) is 23.7 Å². The van der Waals surface area contributed by atoms with Crippen LogP contribution in [0.15, 0.2) is 28.9 Å². The van der Waals surface area contributed by atoms with Gasteiger partial charge in [0.1, 0.15) is 0 Å². The summed E-state index contributed by atoms with van der Waals surface area (Å²) in [5, 5.41) is 14.3. The highest BCUT2D eigenvalue weighted by molar-refractivity contribution is 7.16. The molecule has 5 nitrogen and oxygen atoms in total. The van der Waals surface area contributed by atoms with E-state index in [1.165, 1.54) is 0 Å². The van der Waals surface area contributed by atoms with Crippen molar-refractivity contribution < 1.29 is 5.21 Å². The Bertz CT molecular complexity index is 494. The molecule has 0 spiro atoms. The van der Waals surface area contributed by atoms with Gasteiger partial charge in [-0.05, 0) is 18.2 Å². The van der Waals surface area contributed by atoms with E-state index < -0.39 is 0 Å². The molecule has 2 aromatic rings. The Morgan fingerprint density at radius 3 is 3.27 bits per heavy atom. The fourth-order valence-corrected chi connectivity index (χ4v) is 1.91. The number of fused-ring (bicyclic) bond motifs is 1. The van der Waals surface area contributed by atoms with Crippen LogP contribution in [0.4, 0.5) is 5.69 Å². The van der Waals surface area contributed by atoms with Gasteiger partial charge in [-0.15, -0.1) is 11.3 Å². The molecule has 15 heavy (non-hydrogen) atoms. The van der Waals surface area contributed by atoms with Crippen LogP contribution < -0.4 is 11.1 Å². The lowest BCUT2D eigenvalue weighted by Crippen LogP contribution is -2.22. The minimum Gasteiger partial charge on any atom is -0.409 e. The molecule has 0 radical (unpaired) electrons. The zero-order valence-electron chi connectivity index (χ0n) is 7.84. The number of anilines is 1. The molecule has 1 aromatic carbocycles. The summed E-state index contributed by atoms with van der Waals surface area (Å²) in [5.74, 6) is 0.152. The first-order valence-electron chi connectivity index (χ1n) is 4.33. The third-order valence-corrected chi connectivity index (χ3v) is 2.73. The number of hydrogen-bond acceptors (Lipinski definition) is 5. The molecule has 0 saturated heterocycles. The van der Waals surface area contributed by atoms with Gasteiger partial charge >= 0.3 is 0 Å². The van der Waals surface area contributed by atoms with Crippen LogP contribution in [-0.2, 0) is 0 Å². The summed E-state index contributed by atoms with van der Waals surface area (Å²) in [4.78, 5) is 4.17. The third-order valence-electron chi connectivity index (χ3n) is 1.93. The molecule has 1 aromatic heterocycles. The first kappa shape index (κ1) is 9.72. The molecule has 0 fully saturated rings. The van der Waals surface area contributed by atoms with Crippen molar-refractivity contribution in [2.24, 2.45) is 10.9 Å². The number of oxime groups is 1. The second-order valence-electron chi connectivity index (χ2n) is 2.98. The molecule has 0 unspecified atom stereocenters. The van der Waals surface area contributed by atoms with Crippen molar-refractivity contribution in [3.8, 4) is 0 Å². The largest absolute Gasteiger partial charge is 0.409 e. The Kier molecular flexibility index (Phi) is 2.68. The number of benzene rings is 1. The lowest BCUT2D eigenvalue weighted by molar-refractivity contribution is 0.317. The molecular formula is C9H10N4OS. The van der Waals surface area contributed by atoms with E-state index >= 15 is 0 Å². The number of nitrogens with two attached hydrogens (primary N) is 1. The molecule has 4 N–H and O–H groups in total. The second-order valence-corrected chi connectivity index (χ2v) is 3.87. The van der Waals surface area contributed by atoms with Gasteiger partial charge in [0.2, 0.25) is 0 Å². The molecule has 0 bridgehead atoms. The second kappa shape index (κ2) is 4.14. The minimum absolute atomic E-state index is 0.152. The zero-order chi connectivity index (χ0) is 10.7. The molecule has 0 saturated carbocycles. The molecule has 0 atom stereocenters. The Balaban J connectivity index is 2.14. The molecular weight excluding hydrogens is 212 g/mol. The first-order valence-corrected chi connectivity index (χ1v) is 5.21. The number of rotatable bonds is 3. The van der Waals surface area contributed by atoms with Gasteiger partial charge in [-0.2, -0.15) is 0 Å². The van der Waals surface area contributed by atoms with Crippen LogP contribution in [-0.4, -0.2) is 22.6 Å². The van der Waals surface area contributed by atoms with Gasteiger partial charge in [0.15, 0.2) is 5.84 Å². The summed E-state index contributed by atoms with van der Waals surface area (Å²) in [6.07, 6.45) is 0. The van der Waals surface area contributed by atoms with Gasteiger partial charge in [-0.3, -0.25) is 0 Å². The number of nitrogens with zero attached hydrogens (tertiary/aromatic N) is 2. The lowest BCUT2D eigenvalue weighted by Gasteiger charge is -2.04. The molecule has 0 aliphatic carbocycles. The van der Waals surface area contributed by atoms with Crippen molar-refractivity contribution in [1.82, 2.24) is 4.98 Å². The van der Waals surface area contributed by atoms with Crippen LogP contribution in [0.1, 0.15) is 0 Å². The molecule has 6 heteroatoms. The summed E-state index contributed by atoms with van der Waals surface area (Å²) in [5.41, 5.74) is 9.05. The van der Waals surface area contributed by atoms with Gasteiger partial charge in [0.05, 0.1) is 22.3 Å². The number of thiazole rings is 1. The van der Waals surface area contributed by atoms with Crippen LogP contribution in [0, 0.1) is 0 Å². The smallest absolute Gasteiger partial charge is 0.158 e. The average molecular weight is 222 g/mol. The Labute approximate surface area is 90.2 Å². The highest BCUT2D eigenvalue weighted by Crippen LogP contribution is 2.21. The quantitative estimate of drug-likeness (QED) is 0.318. The van der Waals surface area contributed by atoms with E-state index in [-0.39, 0.29) is 5.84 Å². The number of amidine groups is 1. The SMILES string of the molecule is N/C(CNc1ccc2ncsc2c1)=N/O. The van der Waals surface area contributed by atoms with E-state index in [0.29, 0.717) is 6.54 Å². The van der Waals surface area contributed by atoms with Crippen molar-refractivity contribution in [1.29, 1.82) is 0 Å². The summed E-state index contributed by atoms with van der Waals surface area (Å²) >= 11 is 1.58. The summed E-state index contributed by atoms with van der Waals surface area (Å²) in [6.45, 7) is 0.320. The van der Waals surface area contributed by atoms with E-state index in [1.807, 2.05) is 18.2 Å². The zero-order valence-corrected chi connectivity index (χ0v) is 8.66. The normalized spacial score (nSPS) is 11.9. The number of aromatic nitrogens is 1. The summed E-state index contributed by atoms with van der Waals surface area (Å²) < 4.78 is 1.11. The summed E-state index contributed by atoms with van der Waals surface area (Å²) in [6, 6.07) is 5.82. The van der Waals surface area contributed by atoms with Gasteiger partial charge in [-0.25, -0.2) is 4.98 Å². The molecule has 0 aliphatic heterocycles. The standard InChI is InChI=1S/C9H10N4OS/c10-9(13-14)4-11-6-1-2-7-8(3-6)15-5-12-7/h1-3,5,11,14H,4H2,(H2,10,13). The number of hydrogen-bond donors (Lipinski definition) is 3. The van der Waals surface area contributed by atoms with Gasteiger partial charge in [0.25, 0.3) is 0 Å². The maximum atomic E-state index is 8.37. The average Bonchev–Trinajstić information content (AvgIpc) is 2.72.